The molecule has 1 heterocycles. The van der Waals surface area contributed by atoms with Crippen LogP contribution in [0, 0.1) is 22.7 Å². The molecular formula is C22H24N5O+. The molecule has 28 heavy (non-hydrogen) atoms. The summed E-state index contributed by atoms with van der Waals surface area (Å²) in [6.07, 6.45) is 0.813. The van der Waals surface area contributed by atoms with E-state index in [1.165, 1.54) is 0 Å². The molecule has 1 aromatic carbocycles. The first kappa shape index (κ1) is 19.4. The van der Waals surface area contributed by atoms with Gasteiger partial charge in [-0.05, 0) is 32.0 Å². The monoisotopic (exact) mass is 374 g/mol. The van der Waals surface area contributed by atoms with Crippen LogP contribution in [0.5, 0.6) is 0 Å². The Morgan fingerprint density at radius 3 is 2.36 bits per heavy atom. The van der Waals surface area contributed by atoms with E-state index in [2.05, 4.69) is 37.0 Å². The molecule has 1 aliphatic carbocycles. The zero-order valence-corrected chi connectivity index (χ0v) is 16.4. The standard InChI is InChI=1S/C22H24N5O/c1-3-26(4-2)17-7-9-19-21(15-17)28-22-16-18(8-10-20(22)25-19)27(13-5-11-23)14-6-12-24/h7-10,15-16H,3-6,13-14H2,1-2H3/q+1. The lowest BCUT2D eigenvalue weighted by molar-refractivity contribution is 0.578. The summed E-state index contributed by atoms with van der Waals surface area (Å²) >= 11 is 0. The second-order valence-electron chi connectivity index (χ2n) is 6.49. The predicted molar refractivity (Wildman–Crippen MR) is 110 cm³/mol. The zero-order valence-electron chi connectivity index (χ0n) is 16.4. The van der Waals surface area contributed by atoms with Crippen molar-refractivity contribution in [3.8, 4) is 23.6 Å². The fraction of sp³-hybridized carbons (Fsp3) is 0.364. The molecule has 2 aliphatic rings. The Kier molecular flexibility index (Phi) is 6.24. The first-order chi connectivity index (χ1) is 13.7. The molecule has 3 rings (SSSR count). The van der Waals surface area contributed by atoms with Crippen LogP contribution in [0.3, 0.4) is 0 Å². The van der Waals surface area contributed by atoms with Gasteiger partial charge in [-0.15, -0.1) is 0 Å². The van der Waals surface area contributed by atoms with E-state index in [0.29, 0.717) is 31.7 Å². The van der Waals surface area contributed by atoms with Gasteiger partial charge in [-0.25, -0.2) is 9.56 Å². The molecule has 6 nitrogen and oxygen atoms in total. The molecule has 0 atom stereocenters. The van der Waals surface area contributed by atoms with Gasteiger partial charge in [0.1, 0.15) is 11.2 Å². The Bertz CT molecular complexity index is 1060. The van der Waals surface area contributed by atoms with Crippen LogP contribution in [0.4, 0.5) is 5.69 Å². The maximum absolute atomic E-state index is 8.91. The molecule has 0 radical (unpaired) electrons. The fourth-order valence-corrected chi connectivity index (χ4v) is 3.32. The van der Waals surface area contributed by atoms with Crippen LogP contribution in [-0.4, -0.2) is 31.2 Å². The van der Waals surface area contributed by atoms with Crippen LogP contribution in [-0.2, 0) is 0 Å². The molecule has 0 bridgehead atoms. The van der Waals surface area contributed by atoms with Crippen LogP contribution < -0.4 is 14.8 Å². The fourth-order valence-electron chi connectivity index (χ4n) is 3.32. The number of hydrogen-bond acceptors (Lipinski definition) is 5. The van der Waals surface area contributed by atoms with Gasteiger partial charge < -0.3 is 9.32 Å². The van der Waals surface area contributed by atoms with Gasteiger partial charge >= 0.3 is 0 Å². The molecule has 1 aliphatic heterocycles. The van der Waals surface area contributed by atoms with Crippen molar-refractivity contribution in [3.05, 3.63) is 41.8 Å². The smallest absolute Gasteiger partial charge is 0.203 e. The lowest BCUT2D eigenvalue weighted by Crippen LogP contribution is -2.31. The summed E-state index contributed by atoms with van der Waals surface area (Å²) in [6, 6.07) is 16.3. The Labute approximate surface area is 164 Å². The number of nitrogens with zero attached hydrogens (tertiary/aromatic N) is 5. The minimum atomic E-state index is 0.407. The van der Waals surface area contributed by atoms with Crippen LogP contribution in [0.25, 0.3) is 22.6 Å². The first-order valence-electron chi connectivity index (χ1n) is 9.61. The second kappa shape index (κ2) is 9.01. The van der Waals surface area contributed by atoms with E-state index in [0.717, 1.165) is 40.9 Å². The van der Waals surface area contributed by atoms with Crippen LogP contribution in [0.2, 0.25) is 0 Å². The summed E-state index contributed by atoms with van der Waals surface area (Å²) in [4.78, 5) is 6.98. The number of anilines is 1. The summed E-state index contributed by atoms with van der Waals surface area (Å²) in [6.45, 7) is 7.28. The molecule has 0 unspecified atom stereocenters. The highest BCUT2D eigenvalue weighted by molar-refractivity contribution is 5.80. The van der Waals surface area contributed by atoms with E-state index < -0.39 is 0 Å². The molecule has 6 heteroatoms. The lowest BCUT2D eigenvalue weighted by Gasteiger charge is -2.21. The lowest BCUT2D eigenvalue weighted by atomic mass is 10.2. The van der Waals surface area contributed by atoms with Crippen molar-refractivity contribution >= 4 is 16.8 Å². The molecule has 0 spiro atoms. The molecule has 1 aromatic rings. The number of aromatic nitrogens is 1. The van der Waals surface area contributed by atoms with Crippen LogP contribution in [0.15, 0.2) is 40.8 Å². The Morgan fingerprint density at radius 1 is 1.00 bits per heavy atom. The molecule has 0 fully saturated rings. The number of fused-ring (bicyclic) bond motifs is 2. The van der Waals surface area contributed by atoms with E-state index in [1.54, 1.807) is 0 Å². The average Bonchev–Trinajstić information content (AvgIpc) is 2.73. The zero-order chi connectivity index (χ0) is 19.9. The third kappa shape index (κ3) is 4.13. The van der Waals surface area contributed by atoms with E-state index in [4.69, 9.17) is 19.9 Å². The third-order valence-corrected chi connectivity index (χ3v) is 4.83. The number of rotatable bonds is 7. The molecule has 0 saturated heterocycles. The Hall–Kier alpha value is -3.38. The number of benzene rings is 2. The first-order valence-corrected chi connectivity index (χ1v) is 9.61. The van der Waals surface area contributed by atoms with Crippen LogP contribution >= 0.6 is 0 Å². The highest BCUT2D eigenvalue weighted by Gasteiger charge is 2.14. The van der Waals surface area contributed by atoms with Gasteiger partial charge in [-0.2, -0.15) is 10.5 Å². The maximum Gasteiger partial charge on any atom is 0.203 e. The summed E-state index contributed by atoms with van der Waals surface area (Å²) in [7, 11) is 0. The molecule has 0 amide bonds. The highest BCUT2D eigenvalue weighted by atomic mass is 16.3. The molecule has 0 N–H and O–H groups in total. The molecule has 0 saturated carbocycles. The Balaban J connectivity index is 2.12. The number of nitriles is 2. The van der Waals surface area contributed by atoms with Gasteiger partial charge in [0.2, 0.25) is 5.36 Å². The average molecular weight is 374 g/mol. The predicted octanol–water partition coefficient (Wildman–Crippen LogP) is 3.38. The summed E-state index contributed by atoms with van der Waals surface area (Å²) < 4.78 is 8.22. The minimum absolute atomic E-state index is 0.407. The SMILES string of the molecule is CCN(CC)c1ccc2nc3ccc(=[N+](CCC#N)CCC#N)cc-3oc2c1. The third-order valence-electron chi connectivity index (χ3n) is 4.83. The molecule has 142 valence electrons. The van der Waals surface area contributed by atoms with Crippen molar-refractivity contribution in [2.24, 2.45) is 0 Å². The van der Waals surface area contributed by atoms with E-state index in [9.17, 15) is 0 Å². The second-order valence-corrected chi connectivity index (χ2v) is 6.49. The maximum atomic E-state index is 8.91. The minimum Gasteiger partial charge on any atom is -0.452 e. The van der Waals surface area contributed by atoms with Gasteiger partial charge in [0.15, 0.2) is 24.4 Å². The van der Waals surface area contributed by atoms with Gasteiger partial charge in [-0.1, -0.05) is 0 Å². The van der Waals surface area contributed by atoms with Gasteiger partial charge in [0.25, 0.3) is 0 Å². The Morgan fingerprint density at radius 2 is 1.71 bits per heavy atom. The van der Waals surface area contributed by atoms with Gasteiger partial charge in [0.05, 0.1) is 31.0 Å². The van der Waals surface area contributed by atoms with Crippen molar-refractivity contribution in [1.29, 1.82) is 10.5 Å². The van der Waals surface area contributed by atoms with Gasteiger partial charge in [-0.3, -0.25) is 0 Å². The molecule has 0 aromatic heterocycles. The summed E-state index contributed by atoms with van der Waals surface area (Å²) in [5, 5.41) is 18.8. The van der Waals surface area contributed by atoms with E-state index in [-0.39, 0.29) is 0 Å². The van der Waals surface area contributed by atoms with Crippen molar-refractivity contribution in [2.45, 2.75) is 26.7 Å². The normalized spacial score (nSPS) is 10.6. The van der Waals surface area contributed by atoms with E-state index in [1.807, 2.05) is 34.9 Å². The topological polar surface area (TPSA) is 79.9 Å². The van der Waals surface area contributed by atoms with Crippen molar-refractivity contribution in [2.75, 3.05) is 31.1 Å². The highest BCUT2D eigenvalue weighted by Crippen LogP contribution is 2.26. The summed E-state index contributed by atoms with van der Waals surface area (Å²) in [5.41, 5.74) is 3.47. The molecular weight excluding hydrogens is 350 g/mol. The van der Waals surface area contributed by atoms with E-state index >= 15 is 0 Å². The van der Waals surface area contributed by atoms with Gasteiger partial charge in [0, 0.05) is 30.9 Å². The van der Waals surface area contributed by atoms with Crippen LogP contribution in [0.1, 0.15) is 26.7 Å². The summed E-state index contributed by atoms with van der Waals surface area (Å²) in [5.74, 6) is 0.695. The number of hydrogen-bond donors (Lipinski definition) is 0. The van der Waals surface area contributed by atoms with Crippen molar-refractivity contribution in [1.82, 2.24) is 9.56 Å². The van der Waals surface area contributed by atoms with Crippen molar-refractivity contribution in [3.63, 3.8) is 0 Å². The largest absolute Gasteiger partial charge is 0.452 e. The van der Waals surface area contributed by atoms with Crippen molar-refractivity contribution < 1.29 is 4.42 Å². The quantitative estimate of drug-likeness (QED) is 0.468.